The summed E-state index contributed by atoms with van der Waals surface area (Å²) in [5.74, 6) is 1.24. The monoisotopic (exact) mass is 517 g/mol. The Kier molecular flexibility index (Phi) is 8.54. The van der Waals surface area contributed by atoms with E-state index >= 15 is 0 Å². The number of ether oxygens (including phenoxy) is 1. The SMILES string of the molecule is COc1ccc(-c2nnc(SCC(=O)N/N=C/C(Cl)=C/c3ccccc3)n2-c2ccc(C)cc2)cc1. The van der Waals surface area contributed by atoms with Gasteiger partial charge in [-0.05, 0) is 55.0 Å². The summed E-state index contributed by atoms with van der Waals surface area (Å²) in [6, 6.07) is 25.3. The molecule has 3 aromatic carbocycles. The zero-order chi connectivity index (χ0) is 25.3. The molecule has 4 rings (SSSR count). The number of allylic oxidation sites excluding steroid dienone is 1. The molecule has 182 valence electrons. The smallest absolute Gasteiger partial charge is 0.250 e. The van der Waals surface area contributed by atoms with Gasteiger partial charge in [0.1, 0.15) is 5.75 Å². The van der Waals surface area contributed by atoms with Crippen LogP contribution in [0.4, 0.5) is 0 Å². The van der Waals surface area contributed by atoms with E-state index in [1.54, 1.807) is 13.2 Å². The molecule has 0 bridgehead atoms. The number of nitrogens with zero attached hydrogens (tertiary/aromatic N) is 4. The number of hydrogen-bond donors (Lipinski definition) is 1. The van der Waals surface area contributed by atoms with Crippen molar-refractivity contribution in [2.75, 3.05) is 12.9 Å². The van der Waals surface area contributed by atoms with Gasteiger partial charge in [-0.15, -0.1) is 10.2 Å². The Morgan fingerprint density at radius 3 is 2.47 bits per heavy atom. The van der Waals surface area contributed by atoms with E-state index in [0.29, 0.717) is 16.0 Å². The summed E-state index contributed by atoms with van der Waals surface area (Å²) in [4.78, 5) is 12.4. The molecule has 7 nitrogen and oxygen atoms in total. The van der Waals surface area contributed by atoms with Crippen LogP contribution in [0.5, 0.6) is 5.75 Å². The Morgan fingerprint density at radius 2 is 1.78 bits per heavy atom. The first-order valence-corrected chi connectivity index (χ1v) is 12.4. The van der Waals surface area contributed by atoms with Crippen molar-refractivity contribution < 1.29 is 9.53 Å². The number of aryl methyl sites for hydroxylation is 1. The van der Waals surface area contributed by atoms with Crippen molar-refractivity contribution in [3.8, 4) is 22.8 Å². The molecule has 1 amide bonds. The minimum atomic E-state index is -0.287. The van der Waals surface area contributed by atoms with Crippen LogP contribution in [0.15, 0.2) is 94.2 Å². The summed E-state index contributed by atoms with van der Waals surface area (Å²) in [6.45, 7) is 2.03. The van der Waals surface area contributed by atoms with Crippen LogP contribution in [0, 0.1) is 6.92 Å². The van der Waals surface area contributed by atoms with E-state index in [1.165, 1.54) is 18.0 Å². The van der Waals surface area contributed by atoms with Crippen molar-refractivity contribution in [3.63, 3.8) is 0 Å². The van der Waals surface area contributed by atoms with Gasteiger partial charge in [0, 0.05) is 11.3 Å². The summed E-state index contributed by atoms with van der Waals surface area (Å²) in [5.41, 5.74) is 6.36. The van der Waals surface area contributed by atoms with E-state index in [0.717, 1.165) is 28.1 Å². The second-order valence-corrected chi connectivity index (χ2v) is 9.11. The van der Waals surface area contributed by atoms with Gasteiger partial charge in [-0.3, -0.25) is 9.36 Å². The Hall–Kier alpha value is -3.88. The Balaban J connectivity index is 1.47. The van der Waals surface area contributed by atoms with Gasteiger partial charge in [0.15, 0.2) is 11.0 Å². The lowest BCUT2D eigenvalue weighted by Gasteiger charge is -2.11. The van der Waals surface area contributed by atoms with Crippen LogP contribution in [-0.2, 0) is 4.79 Å². The Labute approximate surface area is 218 Å². The third kappa shape index (κ3) is 6.62. The van der Waals surface area contributed by atoms with Gasteiger partial charge in [-0.25, -0.2) is 5.43 Å². The molecular formula is C27H24ClN5O2S. The molecule has 0 aliphatic heterocycles. The molecule has 0 aliphatic rings. The topological polar surface area (TPSA) is 81.4 Å². The molecule has 9 heteroatoms. The van der Waals surface area contributed by atoms with Gasteiger partial charge >= 0.3 is 0 Å². The molecular weight excluding hydrogens is 494 g/mol. The molecule has 0 fully saturated rings. The molecule has 1 aromatic heterocycles. The third-order valence-electron chi connectivity index (χ3n) is 5.09. The molecule has 36 heavy (non-hydrogen) atoms. The van der Waals surface area contributed by atoms with Crippen molar-refractivity contribution >= 4 is 41.6 Å². The van der Waals surface area contributed by atoms with Crippen LogP contribution in [0.1, 0.15) is 11.1 Å². The molecule has 0 aliphatic carbocycles. The second-order valence-electron chi connectivity index (χ2n) is 7.73. The number of halogens is 1. The van der Waals surface area contributed by atoms with Crippen molar-refractivity contribution in [2.45, 2.75) is 12.1 Å². The normalized spacial score (nSPS) is 11.6. The zero-order valence-electron chi connectivity index (χ0n) is 19.8. The Bertz CT molecular complexity index is 1370. The zero-order valence-corrected chi connectivity index (χ0v) is 21.3. The van der Waals surface area contributed by atoms with Crippen molar-refractivity contribution in [1.82, 2.24) is 20.2 Å². The fourth-order valence-electron chi connectivity index (χ4n) is 3.29. The number of thioether (sulfide) groups is 1. The number of aromatic nitrogens is 3. The molecule has 0 unspecified atom stereocenters. The summed E-state index contributed by atoms with van der Waals surface area (Å²) >= 11 is 7.45. The number of nitrogens with one attached hydrogen (secondary N) is 1. The number of rotatable bonds is 9. The molecule has 4 aromatic rings. The highest BCUT2D eigenvalue weighted by atomic mass is 35.5. The maximum absolute atomic E-state index is 12.4. The lowest BCUT2D eigenvalue weighted by molar-refractivity contribution is -0.118. The predicted octanol–water partition coefficient (Wildman–Crippen LogP) is 5.73. The lowest BCUT2D eigenvalue weighted by Crippen LogP contribution is -2.19. The van der Waals surface area contributed by atoms with Gasteiger partial charge in [0.2, 0.25) is 0 Å². The van der Waals surface area contributed by atoms with E-state index < -0.39 is 0 Å². The van der Waals surface area contributed by atoms with Gasteiger partial charge in [0.05, 0.1) is 24.1 Å². The van der Waals surface area contributed by atoms with Gasteiger partial charge < -0.3 is 4.74 Å². The molecule has 0 radical (unpaired) electrons. The van der Waals surface area contributed by atoms with Crippen LogP contribution in [0.3, 0.4) is 0 Å². The highest BCUT2D eigenvalue weighted by Gasteiger charge is 2.17. The maximum Gasteiger partial charge on any atom is 0.250 e. The lowest BCUT2D eigenvalue weighted by atomic mass is 10.2. The highest BCUT2D eigenvalue weighted by molar-refractivity contribution is 7.99. The standard InChI is InChI=1S/C27H24ClN5O2S/c1-19-8-12-23(13-9-19)33-26(21-10-14-24(35-2)15-11-21)31-32-27(33)36-18-25(34)30-29-17-22(28)16-20-6-4-3-5-7-20/h3-17H,18H2,1-2H3,(H,30,34)/b22-16-,29-17+. The second kappa shape index (κ2) is 12.2. The average Bonchev–Trinajstić information content (AvgIpc) is 3.32. The number of benzene rings is 3. The quantitative estimate of drug-likeness (QED) is 0.174. The van der Waals surface area contributed by atoms with Gasteiger partial charge in [-0.1, -0.05) is 71.4 Å². The van der Waals surface area contributed by atoms with E-state index in [2.05, 4.69) is 20.7 Å². The summed E-state index contributed by atoms with van der Waals surface area (Å²) in [7, 11) is 1.63. The summed E-state index contributed by atoms with van der Waals surface area (Å²) in [5, 5.41) is 13.7. The van der Waals surface area contributed by atoms with E-state index in [4.69, 9.17) is 16.3 Å². The first-order valence-electron chi connectivity index (χ1n) is 11.1. The number of carbonyl (C=O) groups is 1. The molecule has 0 saturated heterocycles. The number of amides is 1. The molecule has 1 N–H and O–H groups in total. The molecule has 0 saturated carbocycles. The maximum atomic E-state index is 12.4. The fourth-order valence-corrected chi connectivity index (χ4v) is 4.21. The average molecular weight is 518 g/mol. The minimum absolute atomic E-state index is 0.101. The first kappa shape index (κ1) is 25.2. The van der Waals surface area contributed by atoms with Crippen LogP contribution < -0.4 is 10.2 Å². The van der Waals surface area contributed by atoms with Gasteiger partial charge in [0.25, 0.3) is 5.91 Å². The molecule has 0 atom stereocenters. The minimum Gasteiger partial charge on any atom is -0.497 e. The van der Waals surface area contributed by atoms with Crippen LogP contribution in [0.25, 0.3) is 23.2 Å². The van der Waals surface area contributed by atoms with Crippen LogP contribution in [0.2, 0.25) is 0 Å². The largest absolute Gasteiger partial charge is 0.497 e. The van der Waals surface area contributed by atoms with E-state index in [1.807, 2.05) is 90.4 Å². The van der Waals surface area contributed by atoms with Crippen molar-refractivity contribution in [1.29, 1.82) is 0 Å². The Morgan fingerprint density at radius 1 is 1.06 bits per heavy atom. The summed E-state index contributed by atoms with van der Waals surface area (Å²) in [6.07, 6.45) is 3.16. The predicted molar refractivity (Wildman–Crippen MR) is 146 cm³/mol. The van der Waals surface area contributed by atoms with Crippen molar-refractivity contribution in [3.05, 3.63) is 95.0 Å². The van der Waals surface area contributed by atoms with Crippen molar-refractivity contribution in [2.24, 2.45) is 5.10 Å². The number of hydrazone groups is 1. The third-order valence-corrected chi connectivity index (χ3v) is 6.22. The fraction of sp³-hybridized carbons (Fsp3) is 0.111. The summed E-state index contributed by atoms with van der Waals surface area (Å²) < 4.78 is 7.20. The number of methoxy groups -OCH3 is 1. The van der Waals surface area contributed by atoms with Crippen LogP contribution >= 0.6 is 23.4 Å². The molecule has 1 heterocycles. The number of hydrogen-bond acceptors (Lipinski definition) is 6. The number of carbonyl (C=O) groups excluding carboxylic acids is 1. The first-order chi connectivity index (χ1) is 17.5. The van der Waals surface area contributed by atoms with E-state index in [9.17, 15) is 4.79 Å². The highest BCUT2D eigenvalue weighted by Crippen LogP contribution is 2.29. The van der Waals surface area contributed by atoms with E-state index in [-0.39, 0.29) is 11.7 Å². The van der Waals surface area contributed by atoms with Crippen LogP contribution in [-0.4, -0.2) is 39.7 Å². The van der Waals surface area contributed by atoms with Gasteiger partial charge in [-0.2, -0.15) is 5.10 Å². The molecule has 0 spiro atoms.